The fraction of sp³-hybridized carbons (Fsp3) is 0.235. The smallest absolute Gasteiger partial charge is 0.193 e. The van der Waals surface area contributed by atoms with Crippen molar-refractivity contribution in [1.82, 2.24) is 0 Å². The highest BCUT2D eigenvalue weighted by Crippen LogP contribution is 2.36. The Bertz CT molecular complexity index is 662. The number of carbonyl (C=O) groups is 1. The van der Waals surface area contributed by atoms with Crippen molar-refractivity contribution in [1.29, 1.82) is 0 Å². The predicted molar refractivity (Wildman–Crippen MR) is 80.6 cm³/mol. The van der Waals surface area contributed by atoms with E-state index in [-0.39, 0.29) is 11.6 Å². The summed E-state index contributed by atoms with van der Waals surface area (Å²) >= 11 is 3.12. The van der Waals surface area contributed by atoms with Crippen molar-refractivity contribution in [2.45, 2.75) is 25.2 Å². The third-order valence-corrected chi connectivity index (χ3v) is 4.51. The van der Waals surface area contributed by atoms with Crippen molar-refractivity contribution < 1.29 is 9.18 Å². The molecule has 1 nitrogen and oxygen atoms in total. The van der Waals surface area contributed by atoms with E-state index in [0.717, 1.165) is 0 Å². The van der Waals surface area contributed by atoms with Gasteiger partial charge in [-0.25, -0.2) is 4.39 Å². The number of hydrogen-bond donors (Lipinski definition) is 0. The van der Waals surface area contributed by atoms with E-state index >= 15 is 0 Å². The zero-order valence-corrected chi connectivity index (χ0v) is 12.5. The zero-order valence-electron chi connectivity index (χ0n) is 10.9. The van der Waals surface area contributed by atoms with Crippen molar-refractivity contribution in [3.63, 3.8) is 0 Å². The Morgan fingerprint density at radius 3 is 2.50 bits per heavy atom. The van der Waals surface area contributed by atoms with Gasteiger partial charge in [0.2, 0.25) is 0 Å². The quantitative estimate of drug-likeness (QED) is 0.716. The lowest BCUT2D eigenvalue weighted by molar-refractivity contribution is 0.103. The molecule has 3 heteroatoms. The van der Waals surface area contributed by atoms with Crippen molar-refractivity contribution >= 4 is 21.7 Å². The topological polar surface area (TPSA) is 17.1 Å². The van der Waals surface area contributed by atoms with Crippen LogP contribution in [0.5, 0.6) is 0 Å². The Morgan fingerprint density at radius 1 is 1.10 bits per heavy atom. The Labute approximate surface area is 126 Å². The first-order valence-corrected chi connectivity index (χ1v) is 7.54. The van der Waals surface area contributed by atoms with Gasteiger partial charge in [-0.2, -0.15) is 0 Å². The fourth-order valence-electron chi connectivity index (χ4n) is 2.48. The molecule has 1 fully saturated rings. The third kappa shape index (κ3) is 2.55. The molecule has 0 atom stereocenters. The monoisotopic (exact) mass is 332 g/mol. The van der Waals surface area contributed by atoms with Gasteiger partial charge in [-0.3, -0.25) is 4.79 Å². The van der Waals surface area contributed by atoms with Crippen LogP contribution in [0, 0.1) is 5.82 Å². The average Bonchev–Trinajstić information content (AvgIpc) is 2.39. The summed E-state index contributed by atoms with van der Waals surface area (Å²) in [4.78, 5) is 12.4. The minimum Gasteiger partial charge on any atom is -0.289 e. The van der Waals surface area contributed by atoms with E-state index in [9.17, 15) is 9.18 Å². The summed E-state index contributed by atoms with van der Waals surface area (Å²) in [6, 6.07) is 12.2. The molecule has 0 spiro atoms. The molecule has 0 aromatic heterocycles. The first kappa shape index (κ1) is 13.5. The minimum absolute atomic E-state index is 0.0631. The summed E-state index contributed by atoms with van der Waals surface area (Å²) in [6.45, 7) is 0. The number of benzene rings is 2. The highest BCUT2D eigenvalue weighted by atomic mass is 79.9. The van der Waals surface area contributed by atoms with Crippen molar-refractivity contribution in [2.24, 2.45) is 0 Å². The van der Waals surface area contributed by atoms with Crippen LogP contribution in [0.3, 0.4) is 0 Å². The van der Waals surface area contributed by atoms with Crippen LogP contribution in [-0.4, -0.2) is 5.78 Å². The van der Waals surface area contributed by atoms with E-state index in [1.54, 1.807) is 0 Å². The first-order chi connectivity index (χ1) is 9.65. The van der Waals surface area contributed by atoms with E-state index in [2.05, 4.69) is 22.0 Å². The summed E-state index contributed by atoms with van der Waals surface area (Å²) in [6.07, 6.45) is 3.69. The summed E-state index contributed by atoms with van der Waals surface area (Å²) in [5, 5.41) is 0. The molecule has 0 amide bonds. The van der Waals surface area contributed by atoms with Gasteiger partial charge in [0, 0.05) is 11.1 Å². The van der Waals surface area contributed by atoms with Gasteiger partial charge in [-0.15, -0.1) is 0 Å². The van der Waals surface area contributed by atoms with Gasteiger partial charge in [-0.05, 0) is 64.5 Å². The normalized spacial score (nSPS) is 14.9. The molecule has 0 N–H and O–H groups in total. The maximum Gasteiger partial charge on any atom is 0.193 e. The molecule has 2 aromatic rings. The molecule has 1 aliphatic rings. The van der Waals surface area contributed by atoms with Gasteiger partial charge in [0.25, 0.3) is 0 Å². The van der Waals surface area contributed by atoms with Gasteiger partial charge in [0.15, 0.2) is 5.78 Å². The molecule has 2 aromatic carbocycles. The summed E-state index contributed by atoms with van der Waals surface area (Å²) in [5.41, 5.74) is 2.42. The molecule has 0 bridgehead atoms. The van der Waals surface area contributed by atoms with Crippen LogP contribution >= 0.6 is 15.9 Å². The highest BCUT2D eigenvalue weighted by Gasteiger charge is 2.20. The van der Waals surface area contributed by atoms with Crippen LogP contribution in [0.4, 0.5) is 4.39 Å². The number of rotatable bonds is 3. The molecule has 102 valence electrons. The highest BCUT2D eigenvalue weighted by molar-refractivity contribution is 9.10. The molecule has 0 heterocycles. The van der Waals surface area contributed by atoms with E-state index < -0.39 is 0 Å². The second-order valence-corrected chi connectivity index (χ2v) is 6.07. The Kier molecular flexibility index (Phi) is 3.70. The van der Waals surface area contributed by atoms with E-state index in [0.29, 0.717) is 21.5 Å². The molecule has 1 saturated carbocycles. The molecule has 0 unspecified atom stereocenters. The molecular formula is C17H14BrFO. The molecule has 1 aliphatic carbocycles. The van der Waals surface area contributed by atoms with Gasteiger partial charge >= 0.3 is 0 Å². The number of ketones is 1. The van der Waals surface area contributed by atoms with Gasteiger partial charge in [0.1, 0.15) is 5.82 Å². The van der Waals surface area contributed by atoms with E-state index in [1.165, 1.54) is 43.0 Å². The van der Waals surface area contributed by atoms with Crippen LogP contribution in [0.2, 0.25) is 0 Å². The van der Waals surface area contributed by atoms with Crippen LogP contribution in [0.1, 0.15) is 46.7 Å². The van der Waals surface area contributed by atoms with Crippen LogP contribution < -0.4 is 0 Å². The van der Waals surface area contributed by atoms with Crippen LogP contribution in [0.15, 0.2) is 46.9 Å². The van der Waals surface area contributed by atoms with Gasteiger partial charge in [0.05, 0.1) is 4.47 Å². The van der Waals surface area contributed by atoms with Crippen molar-refractivity contribution in [2.75, 3.05) is 0 Å². The van der Waals surface area contributed by atoms with E-state index in [1.807, 2.05) is 18.2 Å². The number of carbonyl (C=O) groups excluding carboxylic acids is 1. The summed E-state index contributed by atoms with van der Waals surface area (Å²) in [7, 11) is 0. The second-order valence-electron chi connectivity index (χ2n) is 5.21. The molecular weight excluding hydrogens is 319 g/mol. The fourth-order valence-corrected chi connectivity index (χ4v) is 2.86. The SMILES string of the molecule is O=C(c1cccc(C2CCC2)c1)c1ccc(F)c(Br)c1. The van der Waals surface area contributed by atoms with Gasteiger partial charge < -0.3 is 0 Å². The Morgan fingerprint density at radius 2 is 1.85 bits per heavy atom. The van der Waals surface area contributed by atoms with E-state index in [4.69, 9.17) is 0 Å². The predicted octanol–water partition coefficient (Wildman–Crippen LogP) is 5.09. The van der Waals surface area contributed by atoms with Crippen molar-refractivity contribution in [3.05, 3.63) is 69.4 Å². The Balaban J connectivity index is 1.91. The minimum atomic E-state index is -0.357. The summed E-state index contributed by atoms with van der Waals surface area (Å²) in [5.74, 6) is 0.180. The molecule has 3 rings (SSSR count). The summed E-state index contributed by atoms with van der Waals surface area (Å²) < 4.78 is 13.5. The molecule has 0 aliphatic heterocycles. The lowest BCUT2D eigenvalue weighted by atomic mass is 9.79. The second kappa shape index (κ2) is 5.49. The number of halogens is 2. The van der Waals surface area contributed by atoms with Crippen molar-refractivity contribution in [3.8, 4) is 0 Å². The largest absolute Gasteiger partial charge is 0.289 e. The first-order valence-electron chi connectivity index (χ1n) is 6.75. The zero-order chi connectivity index (χ0) is 14.1. The lowest BCUT2D eigenvalue weighted by Crippen LogP contribution is -2.10. The maximum absolute atomic E-state index is 13.2. The van der Waals surface area contributed by atoms with Gasteiger partial charge in [-0.1, -0.05) is 24.6 Å². The van der Waals surface area contributed by atoms with Crippen LogP contribution in [-0.2, 0) is 0 Å². The standard InChI is InChI=1S/C17H14BrFO/c18-15-10-14(7-8-16(15)19)17(20)13-6-2-5-12(9-13)11-3-1-4-11/h2,5-11H,1,3-4H2. The average molecular weight is 333 g/mol. The Hall–Kier alpha value is -1.48. The number of hydrogen-bond acceptors (Lipinski definition) is 1. The van der Waals surface area contributed by atoms with Crippen LogP contribution in [0.25, 0.3) is 0 Å². The molecule has 0 radical (unpaired) electrons. The molecule has 0 saturated heterocycles. The third-order valence-electron chi connectivity index (χ3n) is 3.91. The lowest BCUT2D eigenvalue weighted by Gasteiger charge is -2.26. The maximum atomic E-state index is 13.2. The molecule has 20 heavy (non-hydrogen) atoms.